The van der Waals surface area contributed by atoms with E-state index in [1.165, 1.54) is 18.7 Å². The fraction of sp³-hybridized carbons (Fsp3) is 0.391. The molecule has 2 aromatic heterocycles. The first-order valence-electron chi connectivity index (χ1n) is 10.3. The van der Waals surface area contributed by atoms with Crippen molar-refractivity contribution in [3.63, 3.8) is 0 Å². The van der Waals surface area contributed by atoms with Crippen LogP contribution in [0.3, 0.4) is 0 Å². The van der Waals surface area contributed by atoms with E-state index in [0.717, 1.165) is 11.5 Å². The van der Waals surface area contributed by atoms with E-state index in [-0.39, 0.29) is 17.6 Å². The van der Waals surface area contributed by atoms with Crippen molar-refractivity contribution in [3.05, 3.63) is 57.6 Å². The molecule has 0 saturated carbocycles. The molecule has 3 aromatic rings. The number of aryl methyl sites for hydroxylation is 1. The smallest absolute Gasteiger partial charge is 0.196 e. The normalized spacial score (nSPS) is 13.4. The molecule has 2 heterocycles. The van der Waals surface area contributed by atoms with Crippen LogP contribution in [-0.2, 0) is 0 Å². The van der Waals surface area contributed by atoms with E-state index in [1.54, 1.807) is 6.92 Å². The lowest BCUT2D eigenvalue weighted by atomic mass is 10.0. The molecule has 0 bridgehead atoms. The number of hydrogen-bond donors (Lipinski definition) is 1. The molecule has 0 saturated heterocycles. The van der Waals surface area contributed by atoms with Gasteiger partial charge in [0, 0.05) is 22.0 Å². The van der Waals surface area contributed by atoms with Crippen molar-refractivity contribution < 1.29 is 9.59 Å². The number of aromatic amines is 1. The van der Waals surface area contributed by atoms with Crippen LogP contribution in [0.15, 0.2) is 29.4 Å². The molecule has 9 heteroatoms. The van der Waals surface area contributed by atoms with Gasteiger partial charge >= 0.3 is 0 Å². The Morgan fingerprint density at radius 2 is 1.75 bits per heavy atom. The van der Waals surface area contributed by atoms with Crippen LogP contribution in [0.25, 0.3) is 5.69 Å². The number of nitrogens with one attached hydrogen (secondary N) is 1. The largest absolute Gasteiger partial charge is 0.355 e. The van der Waals surface area contributed by atoms with Crippen LogP contribution in [0.1, 0.15) is 64.7 Å². The first-order valence-corrected chi connectivity index (χ1v) is 11.6. The Hall–Kier alpha value is -2.42. The van der Waals surface area contributed by atoms with Crippen molar-refractivity contribution in [2.24, 2.45) is 0 Å². The molecule has 0 spiro atoms. The number of rotatable bonds is 8. The minimum Gasteiger partial charge on any atom is -0.355 e. The third-order valence-corrected chi connectivity index (χ3v) is 6.87. The van der Waals surface area contributed by atoms with Crippen LogP contribution in [0, 0.1) is 13.8 Å². The Bertz CT molecular complexity index is 1150. The highest BCUT2D eigenvalue weighted by molar-refractivity contribution is 8.00. The molecule has 0 aliphatic carbocycles. The van der Waals surface area contributed by atoms with E-state index < -0.39 is 5.25 Å². The van der Waals surface area contributed by atoms with Crippen LogP contribution in [-0.4, -0.2) is 55.6 Å². The van der Waals surface area contributed by atoms with Gasteiger partial charge in [0.1, 0.15) is 0 Å². The van der Waals surface area contributed by atoms with E-state index in [1.807, 2.05) is 68.6 Å². The van der Waals surface area contributed by atoms with Crippen LogP contribution in [0.5, 0.6) is 0 Å². The Morgan fingerprint density at radius 1 is 1.12 bits per heavy atom. The number of halogens is 1. The summed E-state index contributed by atoms with van der Waals surface area (Å²) < 4.78 is 1.96. The predicted molar refractivity (Wildman–Crippen MR) is 128 cm³/mol. The number of H-pyrrole nitrogens is 1. The molecule has 0 fully saturated rings. The maximum atomic E-state index is 13.3. The topological polar surface area (TPSA) is 83.9 Å². The number of nitrogens with zero attached hydrogens (tertiary/aromatic N) is 4. The van der Waals surface area contributed by atoms with E-state index in [4.69, 9.17) is 11.6 Å². The number of thioether (sulfide) groups is 1. The van der Waals surface area contributed by atoms with E-state index in [0.29, 0.717) is 32.7 Å². The van der Waals surface area contributed by atoms with Gasteiger partial charge in [0.15, 0.2) is 22.5 Å². The number of ketones is 2. The van der Waals surface area contributed by atoms with Crippen molar-refractivity contribution in [1.82, 2.24) is 24.6 Å². The van der Waals surface area contributed by atoms with Crippen LogP contribution in [0.4, 0.5) is 0 Å². The molecule has 0 unspecified atom stereocenters. The monoisotopic (exact) mass is 473 g/mol. The molecule has 3 rings (SSSR count). The van der Waals surface area contributed by atoms with Crippen LogP contribution < -0.4 is 0 Å². The number of benzene rings is 1. The average Bonchev–Trinajstić information content (AvgIpc) is 3.27. The van der Waals surface area contributed by atoms with Gasteiger partial charge in [-0.15, -0.1) is 10.2 Å². The second kappa shape index (κ2) is 9.60. The lowest BCUT2D eigenvalue weighted by Crippen LogP contribution is -2.21. The standard InChI is InChI=1S/C23H28ClN5O2S/c1-12-19(15(4)30)13(2)25-20(12)21(31)16(5)32-23-27-26-22(14(3)28(6)7)29(23)18-10-8-17(24)9-11-18/h8-11,14,16,25H,1-7H3/t14-,16-/m1/s1. The van der Waals surface area contributed by atoms with Crippen LogP contribution >= 0.6 is 23.4 Å². The second-order valence-electron chi connectivity index (χ2n) is 8.10. The van der Waals surface area contributed by atoms with Gasteiger partial charge in [-0.3, -0.25) is 19.1 Å². The van der Waals surface area contributed by atoms with Crippen molar-refractivity contribution in [2.45, 2.75) is 51.1 Å². The van der Waals surface area contributed by atoms with Gasteiger partial charge in [0.25, 0.3) is 0 Å². The molecular formula is C23H28ClN5O2S. The van der Waals surface area contributed by atoms with Gasteiger partial charge in [0.05, 0.1) is 17.0 Å². The fourth-order valence-corrected chi connectivity index (χ4v) is 4.69. The molecule has 0 amide bonds. The van der Waals surface area contributed by atoms with Gasteiger partial charge in [0.2, 0.25) is 0 Å². The third-order valence-electron chi connectivity index (χ3n) is 5.58. The highest BCUT2D eigenvalue weighted by Crippen LogP contribution is 2.31. The number of hydrogen-bond acceptors (Lipinski definition) is 6. The summed E-state index contributed by atoms with van der Waals surface area (Å²) in [5.74, 6) is 0.626. The molecule has 170 valence electrons. The summed E-state index contributed by atoms with van der Waals surface area (Å²) in [6, 6.07) is 7.46. The summed E-state index contributed by atoms with van der Waals surface area (Å²) in [5.41, 5.74) is 3.32. The van der Waals surface area contributed by atoms with E-state index >= 15 is 0 Å². The minimum absolute atomic E-state index is 0.00459. The maximum Gasteiger partial charge on any atom is 0.196 e. The molecule has 1 N–H and O–H groups in total. The Labute approximate surface area is 197 Å². The molecule has 2 atom stereocenters. The number of aromatic nitrogens is 4. The van der Waals surface area contributed by atoms with E-state index in [9.17, 15) is 9.59 Å². The summed E-state index contributed by atoms with van der Waals surface area (Å²) in [4.78, 5) is 30.4. The molecule has 0 aliphatic rings. The zero-order valence-corrected chi connectivity index (χ0v) is 20.9. The Morgan fingerprint density at radius 3 is 2.28 bits per heavy atom. The second-order valence-corrected chi connectivity index (χ2v) is 9.84. The highest BCUT2D eigenvalue weighted by atomic mass is 35.5. The van der Waals surface area contributed by atoms with Gasteiger partial charge in [-0.05, 0) is 78.5 Å². The zero-order valence-electron chi connectivity index (χ0n) is 19.4. The predicted octanol–water partition coefficient (Wildman–Crippen LogP) is 5.05. The van der Waals surface area contributed by atoms with Gasteiger partial charge in [-0.25, -0.2) is 0 Å². The number of Topliss-reactive ketones (excluding diaryl/α,β-unsaturated/α-hetero) is 2. The summed E-state index contributed by atoms with van der Waals surface area (Å²) in [7, 11) is 3.96. The SMILES string of the molecule is CC(=O)c1c(C)[nH]c(C(=O)[C@@H](C)Sc2nnc([C@@H](C)N(C)C)n2-c2ccc(Cl)cc2)c1C. The Balaban J connectivity index is 1.98. The maximum absolute atomic E-state index is 13.3. The molecule has 0 aliphatic heterocycles. The van der Waals surface area contributed by atoms with E-state index in [2.05, 4.69) is 15.2 Å². The molecule has 0 radical (unpaired) electrons. The summed E-state index contributed by atoms with van der Waals surface area (Å²) in [6.07, 6.45) is 0. The molecule has 1 aromatic carbocycles. The molecular weight excluding hydrogens is 446 g/mol. The highest BCUT2D eigenvalue weighted by Gasteiger charge is 2.27. The summed E-state index contributed by atoms with van der Waals surface area (Å²) in [5, 5.41) is 9.66. The Kier molecular flexibility index (Phi) is 7.27. The lowest BCUT2D eigenvalue weighted by Gasteiger charge is -2.21. The van der Waals surface area contributed by atoms with Crippen molar-refractivity contribution >= 4 is 34.9 Å². The average molecular weight is 474 g/mol. The first kappa shape index (κ1) is 24.2. The summed E-state index contributed by atoms with van der Waals surface area (Å²) in [6.45, 7) is 9.01. The van der Waals surface area contributed by atoms with Crippen molar-refractivity contribution in [2.75, 3.05) is 14.1 Å². The quantitative estimate of drug-likeness (QED) is 0.364. The minimum atomic E-state index is -0.440. The van der Waals surface area contributed by atoms with Crippen molar-refractivity contribution in [3.8, 4) is 5.69 Å². The van der Waals surface area contributed by atoms with Crippen LogP contribution in [0.2, 0.25) is 5.02 Å². The number of carbonyl (C=O) groups excluding carboxylic acids is 2. The lowest BCUT2D eigenvalue weighted by molar-refractivity contribution is 0.0988. The van der Waals surface area contributed by atoms with Gasteiger partial charge in [-0.2, -0.15) is 0 Å². The first-order chi connectivity index (χ1) is 15.0. The van der Waals surface area contributed by atoms with Gasteiger partial charge < -0.3 is 4.98 Å². The zero-order chi connectivity index (χ0) is 23.7. The third kappa shape index (κ3) is 4.67. The number of carbonyl (C=O) groups is 2. The molecule has 7 nitrogen and oxygen atoms in total. The van der Waals surface area contributed by atoms with Gasteiger partial charge in [-0.1, -0.05) is 23.4 Å². The summed E-state index contributed by atoms with van der Waals surface area (Å²) >= 11 is 7.42. The van der Waals surface area contributed by atoms with Crippen molar-refractivity contribution in [1.29, 1.82) is 0 Å². The molecule has 32 heavy (non-hydrogen) atoms. The fourth-order valence-electron chi connectivity index (χ4n) is 3.63.